The molecule has 0 unspecified atom stereocenters. The first kappa shape index (κ1) is 22.0. The predicted molar refractivity (Wildman–Crippen MR) is 111 cm³/mol. The number of rotatable bonds is 6. The lowest BCUT2D eigenvalue weighted by Crippen LogP contribution is -2.16. The molecule has 0 saturated heterocycles. The van der Waals surface area contributed by atoms with Crippen molar-refractivity contribution >= 4 is 35.0 Å². The number of carbonyl (C=O) groups is 1. The van der Waals surface area contributed by atoms with Crippen LogP contribution in [0.3, 0.4) is 0 Å². The van der Waals surface area contributed by atoms with Gasteiger partial charge in [0.05, 0.1) is 36.0 Å². The van der Waals surface area contributed by atoms with Crippen LogP contribution in [0.25, 0.3) is 11.3 Å². The Hall–Kier alpha value is -2.65. The third-order valence-electron chi connectivity index (χ3n) is 4.22. The molecule has 0 radical (unpaired) electrons. The molecule has 10 heteroatoms. The highest BCUT2D eigenvalue weighted by Gasteiger charge is 2.31. The van der Waals surface area contributed by atoms with Gasteiger partial charge in [-0.2, -0.15) is 13.2 Å². The molecule has 0 aliphatic carbocycles. The van der Waals surface area contributed by atoms with Crippen molar-refractivity contribution in [1.82, 2.24) is 9.55 Å². The molecule has 1 N–H and O–H groups in total. The number of halogens is 4. The van der Waals surface area contributed by atoms with Crippen LogP contribution in [0.5, 0.6) is 5.75 Å². The minimum Gasteiger partial charge on any atom is -0.495 e. The molecule has 1 heterocycles. The zero-order valence-electron chi connectivity index (χ0n) is 16.0. The number of benzene rings is 2. The SMILES string of the molecule is COc1ccc(C(F)(F)F)cc1NC(=O)CSc1ncc(-c2ccc(Cl)cc2)n1C. The molecule has 0 fully saturated rings. The van der Waals surface area contributed by atoms with E-state index in [0.717, 1.165) is 23.4 Å². The molecule has 3 aromatic rings. The zero-order valence-corrected chi connectivity index (χ0v) is 17.5. The molecule has 30 heavy (non-hydrogen) atoms. The third kappa shape index (κ3) is 5.09. The molecule has 5 nitrogen and oxygen atoms in total. The van der Waals surface area contributed by atoms with E-state index in [1.54, 1.807) is 18.3 Å². The van der Waals surface area contributed by atoms with Gasteiger partial charge in [0.2, 0.25) is 5.91 Å². The van der Waals surface area contributed by atoms with Crippen LogP contribution in [-0.4, -0.2) is 28.3 Å². The number of amides is 1. The first-order valence-corrected chi connectivity index (χ1v) is 10.0. The minimum atomic E-state index is -4.52. The summed E-state index contributed by atoms with van der Waals surface area (Å²) in [5.41, 5.74) is 0.844. The molecule has 158 valence electrons. The number of alkyl halides is 3. The smallest absolute Gasteiger partial charge is 0.416 e. The number of imidazole rings is 1. The standard InChI is InChI=1S/C20H17ClF3N3O2S/c1-27-16(12-3-6-14(21)7-4-12)10-25-19(27)30-11-18(28)26-15-9-13(20(22,23)24)5-8-17(15)29-2/h3-10H,11H2,1-2H3,(H,26,28). The van der Waals surface area contributed by atoms with Crippen LogP contribution in [0.2, 0.25) is 5.02 Å². The van der Waals surface area contributed by atoms with Crippen molar-refractivity contribution in [2.45, 2.75) is 11.3 Å². The van der Waals surface area contributed by atoms with Crippen molar-refractivity contribution < 1.29 is 22.7 Å². The highest BCUT2D eigenvalue weighted by atomic mass is 35.5. The average molecular weight is 456 g/mol. The van der Waals surface area contributed by atoms with E-state index in [2.05, 4.69) is 10.3 Å². The van der Waals surface area contributed by atoms with Crippen molar-refractivity contribution in [2.75, 3.05) is 18.2 Å². The fourth-order valence-electron chi connectivity index (χ4n) is 2.71. The molecular weight excluding hydrogens is 439 g/mol. The number of anilines is 1. The van der Waals surface area contributed by atoms with Gasteiger partial charge in [0.15, 0.2) is 5.16 Å². The molecule has 0 bridgehead atoms. The van der Waals surface area contributed by atoms with E-state index in [1.807, 2.05) is 23.7 Å². The number of carbonyl (C=O) groups excluding carboxylic acids is 1. The van der Waals surface area contributed by atoms with Crippen LogP contribution in [0.15, 0.2) is 53.8 Å². The summed E-state index contributed by atoms with van der Waals surface area (Å²) in [5.74, 6) is -0.373. The Bertz CT molecular complexity index is 1050. The van der Waals surface area contributed by atoms with Crippen molar-refractivity contribution in [1.29, 1.82) is 0 Å². The van der Waals surface area contributed by atoms with E-state index in [0.29, 0.717) is 10.2 Å². The molecule has 3 rings (SSSR count). The van der Waals surface area contributed by atoms with Gasteiger partial charge < -0.3 is 14.6 Å². The van der Waals surface area contributed by atoms with Gasteiger partial charge in [-0.25, -0.2) is 4.98 Å². The summed E-state index contributed by atoms with van der Waals surface area (Å²) in [6.07, 6.45) is -2.84. The summed E-state index contributed by atoms with van der Waals surface area (Å²) < 4.78 is 45.7. The van der Waals surface area contributed by atoms with Gasteiger partial charge in [0.1, 0.15) is 5.75 Å². The topological polar surface area (TPSA) is 56.1 Å². The van der Waals surface area contributed by atoms with Crippen molar-refractivity contribution in [2.24, 2.45) is 7.05 Å². The molecular formula is C20H17ClF3N3O2S. The highest BCUT2D eigenvalue weighted by Crippen LogP contribution is 2.35. The summed E-state index contributed by atoms with van der Waals surface area (Å²) in [6, 6.07) is 10.2. The molecule has 1 aromatic heterocycles. The van der Waals surface area contributed by atoms with Crippen LogP contribution >= 0.6 is 23.4 Å². The van der Waals surface area contributed by atoms with Crippen LogP contribution in [-0.2, 0) is 18.0 Å². The van der Waals surface area contributed by atoms with Crippen molar-refractivity contribution in [3.63, 3.8) is 0 Å². The van der Waals surface area contributed by atoms with Crippen LogP contribution in [0, 0.1) is 0 Å². The second kappa shape index (κ2) is 9.01. The third-order valence-corrected chi connectivity index (χ3v) is 5.51. The number of hydrogen-bond donors (Lipinski definition) is 1. The van der Waals surface area contributed by atoms with Gasteiger partial charge in [-0.3, -0.25) is 4.79 Å². The van der Waals surface area contributed by atoms with Gasteiger partial charge in [-0.05, 0) is 35.9 Å². The van der Waals surface area contributed by atoms with E-state index in [1.165, 1.54) is 24.9 Å². The molecule has 0 atom stereocenters. The van der Waals surface area contributed by atoms with Gasteiger partial charge in [0.25, 0.3) is 0 Å². The Morgan fingerprint density at radius 2 is 1.93 bits per heavy atom. The lowest BCUT2D eigenvalue weighted by Gasteiger charge is -2.13. The molecule has 0 spiro atoms. The van der Waals surface area contributed by atoms with Crippen molar-refractivity contribution in [3.05, 3.63) is 59.2 Å². The summed E-state index contributed by atoms with van der Waals surface area (Å²) in [4.78, 5) is 16.6. The van der Waals surface area contributed by atoms with Crippen LogP contribution < -0.4 is 10.1 Å². The number of hydrogen-bond acceptors (Lipinski definition) is 4. The largest absolute Gasteiger partial charge is 0.495 e. The summed E-state index contributed by atoms with van der Waals surface area (Å²) in [6.45, 7) is 0. The number of aromatic nitrogens is 2. The molecule has 0 saturated carbocycles. The maximum atomic E-state index is 12.9. The second-order valence-corrected chi connectivity index (χ2v) is 7.62. The lowest BCUT2D eigenvalue weighted by molar-refractivity contribution is -0.137. The minimum absolute atomic E-state index is 0.0374. The summed E-state index contributed by atoms with van der Waals surface area (Å²) in [5, 5.41) is 3.68. The molecule has 1 amide bonds. The summed E-state index contributed by atoms with van der Waals surface area (Å²) in [7, 11) is 3.13. The van der Waals surface area contributed by atoms with Crippen molar-refractivity contribution in [3.8, 4) is 17.0 Å². The molecule has 0 aliphatic rings. The second-order valence-electron chi connectivity index (χ2n) is 6.24. The Kier molecular flexibility index (Phi) is 6.62. The van der Waals surface area contributed by atoms with Gasteiger partial charge in [0, 0.05) is 12.1 Å². The quantitative estimate of drug-likeness (QED) is 0.499. The Morgan fingerprint density at radius 1 is 1.23 bits per heavy atom. The Labute approximate surface area is 180 Å². The zero-order chi connectivity index (χ0) is 21.9. The lowest BCUT2D eigenvalue weighted by atomic mass is 10.2. The van der Waals surface area contributed by atoms with E-state index in [4.69, 9.17) is 16.3 Å². The number of methoxy groups -OCH3 is 1. The Morgan fingerprint density at radius 3 is 2.57 bits per heavy atom. The van der Waals surface area contributed by atoms with Gasteiger partial charge in [-0.1, -0.05) is 35.5 Å². The van der Waals surface area contributed by atoms with Gasteiger partial charge >= 0.3 is 6.18 Å². The first-order chi connectivity index (χ1) is 14.2. The maximum absolute atomic E-state index is 12.9. The maximum Gasteiger partial charge on any atom is 0.416 e. The Balaban J connectivity index is 1.69. The highest BCUT2D eigenvalue weighted by molar-refractivity contribution is 7.99. The van der Waals surface area contributed by atoms with E-state index >= 15 is 0 Å². The van der Waals surface area contributed by atoms with E-state index in [9.17, 15) is 18.0 Å². The average Bonchev–Trinajstić information content (AvgIpc) is 3.06. The van der Waals surface area contributed by atoms with Crippen LogP contribution in [0.4, 0.5) is 18.9 Å². The first-order valence-electron chi connectivity index (χ1n) is 8.64. The molecule has 2 aromatic carbocycles. The molecule has 0 aliphatic heterocycles. The van der Waals surface area contributed by atoms with Gasteiger partial charge in [-0.15, -0.1) is 0 Å². The monoisotopic (exact) mass is 455 g/mol. The number of nitrogens with one attached hydrogen (secondary N) is 1. The van der Waals surface area contributed by atoms with Crippen LogP contribution in [0.1, 0.15) is 5.56 Å². The van der Waals surface area contributed by atoms with E-state index < -0.39 is 17.6 Å². The fraction of sp³-hybridized carbons (Fsp3) is 0.200. The number of nitrogens with zero attached hydrogens (tertiary/aromatic N) is 2. The number of thioether (sulfide) groups is 1. The van der Waals surface area contributed by atoms with E-state index in [-0.39, 0.29) is 17.2 Å². The predicted octanol–water partition coefficient (Wildman–Crippen LogP) is 5.50. The normalized spacial score (nSPS) is 11.4. The fourth-order valence-corrected chi connectivity index (χ4v) is 3.59. The number of ether oxygens (including phenoxy) is 1. The summed E-state index contributed by atoms with van der Waals surface area (Å²) >= 11 is 7.08.